The summed E-state index contributed by atoms with van der Waals surface area (Å²) in [5, 5.41) is 26.5. The molecule has 0 bridgehead atoms. The van der Waals surface area contributed by atoms with E-state index in [-0.39, 0.29) is 18.8 Å². The van der Waals surface area contributed by atoms with Gasteiger partial charge in [0.15, 0.2) is 5.13 Å². The number of hydrogen-bond donors (Lipinski definition) is 4. The van der Waals surface area contributed by atoms with Crippen LogP contribution in [0.3, 0.4) is 0 Å². The summed E-state index contributed by atoms with van der Waals surface area (Å²) in [4.78, 5) is 13.1. The van der Waals surface area contributed by atoms with Gasteiger partial charge >= 0.3 is 0 Å². The van der Waals surface area contributed by atoms with Crippen molar-refractivity contribution in [3.63, 3.8) is 0 Å². The van der Waals surface area contributed by atoms with Gasteiger partial charge in [-0.2, -0.15) is 0 Å². The molecule has 1 aliphatic rings. The van der Waals surface area contributed by atoms with Crippen LogP contribution >= 0.6 is 11.3 Å². The lowest BCUT2D eigenvalue weighted by atomic mass is 9.93. The molecule has 1 aromatic carbocycles. The second-order valence-electron chi connectivity index (χ2n) is 7.03. The smallest absolute Gasteiger partial charge is 0.184 e. The predicted molar refractivity (Wildman–Crippen MR) is 115 cm³/mol. The van der Waals surface area contributed by atoms with Crippen molar-refractivity contribution in [2.45, 2.75) is 44.4 Å². The minimum atomic E-state index is -0.297. The molecule has 2 heterocycles. The number of nitrogens with zero attached hydrogens (tertiary/aromatic N) is 3. The molecule has 1 unspecified atom stereocenters. The van der Waals surface area contributed by atoms with Crippen molar-refractivity contribution in [1.29, 1.82) is 0 Å². The Balaban J connectivity index is 1.42. The van der Waals surface area contributed by atoms with Crippen molar-refractivity contribution in [3.05, 3.63) is 41.9 Å². The van der Waals surface area contributed by atoms with Crippen molar-refractivity contribution in [1.82, 2.24) is 15.0 Å². The average molecular weight is 410 g/mol. The van der Waals surface area contributed by atoms with Gasteiger partial charge in [-0.3, -0.25) is 4.98 Å². The van der Waals surface area contributed by atoms with E-state index in [0.29, 0.717) is 18.1 Å². The van der Waals surface area contributed by atoms with Crippen molar-refractivity contribution in [3.8, 4) is 11.8 Å². The second-order valence-corrected chi connectivity index (χ2v) is 8.06. The molecule has 0 amide bonds. The second kappa shape index (κ2) is 9.18. The summed E-state index contributed by atoms with van der Waals surface area (Å²) in [7, 11) is 0. The topological polar surface area (TPSA) is 103 Å². The zero-order valence-corrected chi connectivity index (χ0v) is 16.7. The van der Waals surface area contributed by atoms with E-state index < -0.39 is 0 Å². The van der Waals surface area contributed by atoms with Crippen LogP contribution in [-0.4, -0.2) is 43.9 Å². The highest BCUT2D eigenvalue weighted by molar-refractivity contribution is 7.22. The standard InChI is InChI=1S/C21H23N5O2S/c27-9-3-4-15-12-22-13-20(24-15)23-11-14-7-8-17-19(10-14)29-21(26-17)25-16-5-1-2-6-18(16)28/h7-8,10,12-13,16,18,27-28H,1-2,5-6,9,11H2,(H,23,24)(H,25,26)/t16?,18-/m1/s1. The lowest BCUT2D eigenvalue weighted by Gasteiger charge is -2.27. The van der Waals surface area contributed by atoms with E-state index in [2.05, 4.69) is 43.5 Å². The van der Waals surface area contributed by atoms with E-state index in [1.165, 1.54) is 0 Å². The molecule has 0 aliphatic heterocycles. The predicted octanol–water partition coefficient (Wildman–Crippen LogP) is 2.76. The van der Waals surface area contributed by atoms with E-state index in [1.54, 1.807) is 23.7 Å². The fraction of sp³-hybridized carbons (Fsp3) is 0.381. The first kappa shape index (κ1) is 19.6. The normalized spacial score (nSPS) is 18.8. The minimum Gasteiger partial charge on any atom is -0.391 e. The van der Waals surface area contributed by atoms with Gasteiger partial charge in [0.25, 0.3) is 0 Å². The number of benzene rings is 1. The number of hydrogen-bond acceptors (Lipinski definition) is 8. The molecule has 1 aliphatic carbocycles. The molecule has 0 spiro atoms. The quantitative estimate of drug-likeness (QED) is 0.481. The SMILES string of the molecule is OCC#Cc1cncc(NCc2ccc3nc(NC4CCCC[C@H]4O)sc3c2)n1. The van der Waals surface area contributed by atoms with Crippen molar-refractivity contribution in [2.24, 2.45) is 0 Å². The van der Waals surface area contributed by atoms with Gasteiger partial charge < -0.3 is 20.8 Å². The van der Waals surface area contributed by atoms with Crippen LogP contribution < -0.4 is 10.6 Å². The molecular weight excluding hydrogens is 386 g/mol. The van der Waals surface area contributed by atoms with Gasteiger partial charge in [-0.1, -0.05) is 36.2 Å². The molecule has 2 atom stereocenters. The molecule has 150 valence electrons. The number of nitrogens with one attached hydrogen (secondary N) is 2. The van der Waals surface area contributed by atoms with E-state index in [9.17, 15) is 5.11 Å². The molecule has 0 radical (unpaired) electrons. The zero-order valence-electron chi connectivity index (χ0n) is 15.9. The third-order valence-electron chi connectivity index (χ3n) is 4.89. The average Bonchev–Trinajstić information content (AvgIpc) is 3.14. The van der Waals surface area contributed by atoms with E-state index in [4.69, 9.17) is 5.11 Å². The summed E-state index contributed by atoms with van der Waals surface area (Å²) >= 11 is 1.61. The Hall–Kier alpha value is -2.73. The molecule has 2 aromatic heterocycles. The lowest BCUT2D eigenvalue weighted by molar-refractivity contribution is 0.116. The lowest BCUT2D eigenvalue weighted by Crippen LogP contribution is -2.36. The number of anilines is 2. The fourth-order valence-electron chi connectivity index (χ4n) is 3.41. The van der Waals surface area contributed by atoms with Crippen LogP contribution in [0.2, 0.25) is 0 Å². The Morgan fingerprint density at radius 1 is 1.17 bits per heavy atom. The minimum absolute atomic E-state index is 0.0882. The first-order valence-corrected chi connectivity index (χ1v) is 10.5. The number of fused-ring (bicyclic) bond motifs is 1. The first-order chi connectivity index (χ1) is 14.2. The molecule has 29 heavy (non-hydrogen) atoms. The number of rotatable bonds is 5. The van der Waals surface area contributed by atoms with Crippen molar-refractivity contribution in [2.75, 3.05) is 17.2 Å². The summed E-state index contributed by atoms with van der Waals surface area (Å²) < 4.78 is 1.10. The van der Waals surface area contributed by atoms with Crippen LogP contribution in [0.1, 0.15) is 36.9 Å². The zero-order chi connectivity index (χ0) is 20.1. The fourth-order valence-corrected chi connectivity index (χ4v) is 4.40. The number of thiazole rings is 1. The third kappa shape index (κ3) is 5.01. The highest BCUT2D eigenvalue weighted by atomic mass is 32.1. The van der Waals surface area contributed by atoms with Crippen LogP contribution in [0.5, 0.6) is 0 Å². The maximum absolute atomic E-state index is 10.2. The van der Waals surface area contributed by atoms with Gasteiger partial charge in [-0.05, 0) is 36.5 Å². The third-order valence-corrected chi connectivity index (χ3v) is 5.84. The van der Waals surface area contributed by atoms with Crippen LogP contribution in [0.4, 0.5) is 10.9 Å². The van der Waals surface area contributed by atoms with E-state index in [0.717, 1.165) is 46.6 Å². The monoisotopic (exact) mass is 409 g/mol. The Bertz CT molecular complexity index is 1040. The molecule has 8 heteroatoms. The first-order valence-electron chi connectivity index (χ1n) is 9.71. The summed E-state index contributed by atoms with van der Waals surface area (Å²) in [6.45, 7) is 0.397. The van der Waals surface area contributed by atoms with E-state index >= 15 is 0 Å². The molecule has 4 rings (SSSR count). The largest absolute Gasteiger partial charge is 0.391 e. The summed E-state index contributed by atoms with van der Waals surface area (Å²) in [6.07, 6.45) is 6.99. The Morgan fingerprint density at radius 2 is 2.07 bits per heavy atom. The van der Waals surface area contributed by atoms with Gasteiger partial charge in [0.1, 0.15) is 18.1 Å². The van der Waals surface area contributed by atoms with Crippen LogP contribution in [0, 0.1) is 11.8 Å². The van der Waals surface area contributed by atoms with Gasteiger partial charge in [0.2, 0.25) is 0 Å². The summed E-state index contributed by atoms with van der Waals surface area (Å²) in [5.41, 5.74) is 2.58. The van der Waals surface area contributed by atoms with Crippen molar-refractivity contribution < 1.29 is 10.2 Å². The molecule has 1 saturated carbocycles. The van der Waals surface area contributed by atoms with Crippen LogP contribution in [0.15, 0.2) is 30.6 Å². The van der Waals surface area contributed by atoms with Gasteiger partial charge in [0, 0.05) is 6.54 Å². The summed E-state index contributed by atoms with van der Waals surface area (Å²) in [5.74, 6) is 5.95. The molecule has 0 saturated heterocycles. The molecule has 4 N–H and O–H groups in total. The Kier molecular flexibility index (Phi) is 6.20. The van der Waals surface area contributed by atoms with Crippen molar-refractivity contribution >= 4 is 32.5 Å². The number of aliphatic hydroxyl groups is 2. The Labute approximate surface area is 173 Å². The van der Waals surface area contributed by atoms with Crippen LogP contribution in [-0.2, 0) is 6.54 Å². The molecular formula is C21H23N5O2S. The number of aromatic nitrogens is 3. The number of aliphatic hydroxyl groups excluding tert-OH is 2. The van der Waals surface area contributed by atoms with Gasteiger partial charge in [-0.15, -0.1) is 0 Å². The maximum atomic E-state index is 10.2. The Morgan fingerprint density at radius 3 is 2.93 bits per heavy atom. The van der Waals surface area contributed by atoms with Gasteiger partial charge in [-0.25, -0.2) is 9.97 Å². The van der Waals surface area contributed by atoms with Gasteiger partial charge in [0.05, 0.1) is 34.8 Å². The highest BCUT2D eigenvalue weighted by Gasteiger charge is 2.23. The summed E-state index contributed by atoms with van der Waals surface area (Å²) in [6, 6.07) is 6.26. The maximum Gasteiger partial charge on any atom is 0.184 e. The van der Waals surface area contributed by atoms with Crippen LogP contribution in [0.25, 0.3) is 10.2 Å². The molecule has 7 nitrogen and oxygen atoms in total. The molecule has 1 fully saturated rings. The molecule has 3 aromatic rings. The highest BCUT2D eigenvalue weighted by Crippen LogP contribution is 2.30. The van der Waals surface area contributed by atoms with E-state index in [1.807, 2.05) is 12.1 Å².